The van der Waals surface area contributed by atoms with Crippen LogP contribution in [-0.2, 0) is 13.6 Å². The van der Waals surface area contributed by atoms with Crippen LogP contribution in [0.2, 0.25) is 0 Å². The molecule has 2 aromatic heterocycles. The molecule has 2 N–H and O–H groups in total. The molecule has 0 amide bonds. The van der Waals surface area contributed by atoms with Crippen molar-refractivity contribution in [3.8, 4) is 11.4 Å². The molecule has 0 aliphatic rings. The molecule has 0 fully saturated rings. The standard InChI is InChI=1S/C10H12N4.2ClH/c1-14-10(5-6-12-14)9-4-2-3-8(7-11)13-9;;/h2-6H,7,11H2,1H3;2*1H. The van der Waals surface area contributed by atoms with E-state index >= 15 is 0 Å². The molecule has 0 radical (unpaired) electrons. The molecule has 16 heavy (non-hydrogen) atoms. The first-order chi connectivity index (χ1) is 6.81. The van der Waals surface area contributed by atoms with Crippen LogP contribution in [0.1, 0.15) is 5.69 Å². The smallest absolute Gasteiger partial charge is 0.0886 e. The van der Waals surface area contributed by atoms with Gasteiger partial charge < -0.3 is 5.73 Å². The molecule has 0 atom stereocenters. The fourth-order valence-corrected chi connectivity index (χ4v) is 1.36. The van der Waals surface area contributed by atoms with Crippen molar-refractivity contribution in [1.82, 2.24) is 14.8 Å². The van der Waals surface area contributed by atoms with Crippen LogP contribution in [0.4, 0.5) is 0 Å². The fraction of sp³-hybridized carbons (Fsp3) is 0.200. The predicted molar refractivity (Wildman–Crippen MR) is 68.8 cm³/mol. The maximum absolute atomic E-state index is 5.53. The van der Waals surface area contributed by atoms with Gasteiger partial charge in [0.1, 0.15) is 0 Å². The van der Waals surface area contributed by atoms with Crippen LogP contribution in [0.5, 0.6) is 0 Å². The van der Waals surface area contributed by atoms with Crippen LogP contribution in [-0.4, -0.2) is 14.8 Å². The summed E-state index contributed by atoms with van der Waals surface area (Å²) >= 11 is 0. The fourth-order valence-electron chi connectivity index (χ4n) is 1.36. The highest BCUT2D eigenvalue weighted by molar-refractivity contribution is 5.85. The van der Waals surface area contributed by atoms with Crippen LogP contribution >= 0.6 is 24.8 Å². The second kappa shape index (κ2) is 6.48. The molecule has 2 rings (SSSR count). The Morgan fingerprint density at radius 2 is 2.00 bits per heavy atom. The first-order valence-electron chi connectivity index (χ1n) is 4.45. The maximum Gasteiger partial charge on any atom is 0.0886 e. The summed E-state index contributed by atoms with van der Waals surface area (Å²) in [6.45, 7) is 0.464. The monoisotopic (exact) mass is 260 g/mol. The lowest BCUT2D eigenvalue weighted by molar-refractivity contribution is 0.772. The molecule has 88 valence electrons. The number of nitrogens with two attached hydrogens (primary N) is 1. The molecule has 2 heterocycles. The first kappa shape index (κ1) is 14.9. The summed E-state index contributed by atoms with van der Waals surface area (Å²) in [4.78, 5) is 4.41. The van der Waals surface area contributed by atoms with Crippen LogP contribution in [0, 0.1) is 0 Å². The van der Waals surface area contributed by atoms with E-state index in [9.17, 15) is 0 Å². The molecule has 6 heteroatoms. The van der Waals surface area contributed by atoms with Gasteiger partial charge in [-0.3, -0.25) is 4.68 Å². The van der Waals surface area contributed by atoms with Crippen molar-refractivity contribution in [3.63, 3.8) is 0 Å². The van der Waals surface area contributed by atoms with Gasteiger partial charge >= 0.3 is 0 Å². The number of aryl methyl sites for hydroxylation is 1. The van der Waals surface area contributed by atoms with Crippen LogP contribution in [0.3, 0.4) is 0 Å². The van der Waals surface area contributed by atoms with Gasteiger partial charge in [0.2, 0.25) is 0 Å². The zero-order valence-corrected chi connectivity index (χ0v) is 10.5. The summed E-state index contributed by atoms with van der Waals surface area (Å²) in [6, 6.07) is 7.76. The Hall–Kier alpha value is -1.10. The third-order valence-corrected chi connectivity index (χ3v) is 2.10. The zero-order chi connectivity index (χ0) is 9.97. The SMILES string of the molecule is Cl.Cl.Cn1nccc1-c1cccc(CN)n1. The summed E-state index contributed by atoms with van der Waals surface area (Å²) in [5.41, 5.74) is 8.33. The topological polar surface area (TPSA) is 56.7 Å². The zero-order valence-electron chi connectivity index (χ0n) is 8.83. The molecule has 0 saturated heterocycles. The summed E-state index contributed by atoms with van der Waals surface area (Å²) in [5.74, 6) is 0. The van der Waals surface area contributed by atoms with E-state index in [1.807, 2.05) is 31.3 Å². The number of halogens is 2. The average Bonchev–Trinajstić information content (AvgIpc) is 2.65. The van der Waals surface area contributed by atoms with Crippen molar-refractivity contribution in [2.45, 2.75) is 6.54 Å². The van der Waals surface area contributed by atoms with E-state index in [1.54, 1.807) is 10.9 Å². The number of hydrogen-bond donors (Lipinski definition) is 1. The molecular formula is C10H14Cl2N4. The number of rotatable bonds is 2. The largest absolute Gasteiger partial charge is 0.325 e. The molecule has 4 nitrogen and oxygen atoms in total. The minimum atomic E-state index is 0. The van der Waals surface area contributed by atoms with Crippen molar-refractivity contribution in [2.24, 2.45) is 12.8 Å². The minimum absolute atomic E-state index is 0. The molecule has 0 bridgehead atoms. The molecule has 0 aliphatic heterocycles. The summed E-state index contributed by atoms with van der Waals surface area (Å²) in [7, 11) is 1.89. The summed E-state index contributed by atoms with van der Waals surface area (Å²) in [6.07, 6.45) is 1.76. The van der Waals surface area contributed by atoms with E-state index in [1.165, 1.54) is 0 Å². The van der Waals surface area contributed by atoms with Crippen molar-refractivity contribution in [3.05, 3.63) is 36.2 Å². The van der Waals surface area contributed by atoms with E-state index in [0.717, 1.165) is 17.1 Å². The highest BCUT2D eigenvalue weighted by atomic mass is 35.5. The molecule has 0 spiro atoms. The molecule has 0 unspecified atom stereocenters. The normalized spacial score (nSPS) is 9.12. The summed E-state index contributed by atoms with van der Waals surface area (Å²) < 4.78 is 1.79. The lowest BCUT2D eigenvalue weighted by Crippen LogP contribution is -2.01. The van der Waals surface area contributed by atoms with Crippen molar-refractivity contribution >= 4 is 24.8 Å². The third kappa shape index (κ3) is 2.95. The second-order valence-corrected chi connectivity index (χ2v) is 3.06. The minimum Gasteiger partial charge on any atom is -0.325 e. The number of hydrogen-bond acceptors (Lipinski definition) is 3. The Bertz CT molecular complexity index is 442. The van der Waals surface area contributed by atoms with E-state index in [0.29, 0.717) is 6.54 Å². The number of aromatic nitrogens is 3. The van der Waals surface area contributed by atoms with Crippen LogP contribution < -0.4 is 5.73 Å². The van der Waals surface area contributed by atoms with E-state index in [-0.39, 0.29) is 24.8 Å². The van der Waals surface area contributed by atoms with E-state index < -0.39 is 0 Å². The van der Waals surface area contributed by atoms with Gasteiger partial charge in [-0.25, -0.2) is 4.98 Å². The van der Waals surface area contributed by atoms with Gasteiger partial charge in [0, 0.05) is 19.8 Å². The average molecular weight is 261 g/mol. The van der Waals surface area contributed by atoms with E-state index in [2.05, 4.69) is 10.1 Å². The van der Waals surface area contributed by atoms with Gasteiger partial charge in [0.15, 0.2) is 0 Å². The Balaban J connectivity index is 0.00000112. The number of pyridine rings is 1. The third-order valence-electron chi connectivity index (χ3n) is 2.10. The lowest BCUT2D eigenvalue weighted by Gasteiger charge is -2.02. The van der Waals surface area contributed by atoms with Crippen LogP contribution in [0.25, 0.3) is 11.4 Å². The first-order valence-corrected chi connectivity index (χ1v) is 4.45. The van der Waals surface area contributed by atoms with Gasteiger partial charge in [-0.1, -0.05) is 6.07 Å². The molecule has 0 saturated carbocycles. The van der Waals surface area contributed by atoms with Gasteiger partial charge in [-0.05, 0) is 18.2 Å². The Kier molecular flexibility index (Phi) is 6.03. The van der Waals surface area contributed by atoms with Crippen molar-refractivity contribution < 1.29 is 0 Å². The Morgan fingerprint density at radius 1 is 1.25 bits per heavy atom. The van der Waals surface area contributed by atoms with Gasteiger partial charge in [-0.15, -0.1) is 24.8 Å². The molecule has 0 aliphatic carbocycles. The molecule has 2 aromatic rings. The van der Waals surface area contributed by atoms with Gasteiger partial charge in [0.05, 0.1) is 17.1 Å². The van der Waals surface area contributed by atoms with Crippen LogP contribution in [0.15, 0.2) is 30.5 Å². The van der Waals surface area contributed by atoms with Crippen molar-refractivity contribution in [1.29, 1.82) is 0 Å². The summed E-state index contributed by atoms with van der Waals surface area (Å²) in [5, 5.41) is 4.09. The highest BCUT2D eigenvalue weighted by Crippen LogP contribution is 2.15. The second-order valence-electron chi connectivity index (χ2n) is 3.06. The Morgan fingerprint density at radius 3 is 2.56 bits per heavy atom. The maximum atomic E-state index is 5.53. The lowest BCUT2D eigenvalue weighted by atomic mass is 10.2. The Labute approximate surface area is 107 Å². The predicted octanol–water partition coefficient (Wildman–Crippen LogP) is 1.78. The van der Waals surface area contributed by atoms with E-state index in [4.69, 9.17) is 5.73 Å². The number of nitrogens with zero attached hydrogens (tertiary/aromatic N) is 3. The molecular weight excluding hydrogens is 247 g/mol. The van der Waals surface area contributed by atoms with Crippen molar-refractivity contribution in [2.75, 3.05) is 0 Å². The van der Waals surface area contributed by atoms with Gasteiger partial charge in [0.25, 0.3) is 0 Å². The van der Waals surface area contributed by atoms with Gasteiger partial charge in [-0.2, -0.15) is 5.10 Å². The molecule has 0 aromatic carbocycles. The quantitative estimate of drug-likeness (QED) is 0.896. The highest BCUT2D eigenvalue weighted by Gasteiger charge is 2.03.